The number of likely N-dealkylation sites (tertiary alicyclic amines) is 1. The number of thiazole rings is 1. The molecule has 0 aliphatic carbocycles. The van der Waals surface area contributed by atoms with Gasteiger partial charge in [-0.2, -0.15) is 0 Å². The molecule has 2 amide bonds. The summed E-state index contributed by atoms with van der Waals surface area (Å²) in [5.74, 6) is -0.757. The van der Waals surface area contributed by atoms with Crippen LogP contribution in [0.2, 0.25) is 0 Å². The molecule has 0 bridgehead atoms. The third-order valence-corrected chi connectivity index (χ3v) is 14.0. The Labute approximate surface area is 363 Å². The number of ether oxygens (including phenoxy) is 2. The Bertz CT molecular complexity index is 2690. The van der Waals surface area contributed by atoms with E-state index in [0.717, 1.165) is 50.9 Å². The van der Waals surface area contributed by atoms with E-state index in [-0.39, 0.29) is 23.7 Å². The van der Waals surface area contributed by atoms with Crippen LogP contribution in [-0.4, -0.2) is 69.5 Å². The summed E-state index contributed by atoms with van der Waals surface area (Å²) in [5, 5.41) is 4.28. The quantitative estimate of drug-likeness (QED) is 0.139. The number of benzene rings is 3. The predicted molar refractivity (Wildman–Crippen MR) is 236 cm³/mol. The summed E-state index contributed by atoms with van der Waals surface area (Å²) in [4.78, 5) is 37.1. The SMILES string of the molecule is CCc1cc(-c2cc(F)c3c(c2)OC(c2cnc(-c4ccc(F)cc4)s2)n2c-3cc3cc(B4OC(C)(C)C(C)(C)O4)ccc32)[nH]c1C1CCCN1C(=O)C(NC(=O)OC)C(C)C. The molecule has 2 saturated heterocycles. The predicted octanol–water partition coefficient (Wildman–Crippen LogP) is 9.55. The van der Waals surface area contributed by atoms with Crippen LogP contribution in [0.1, 0.15) is 89.7 Å². The van der Waals surface area contributed by atoms with Gasteiger partial charge in [0, 0.05) is 40.6 Å². The summed E-state index contributed by atoms with van der Waals surface area (Å²) in [6, 6.07) is 18.6. The van der Waals surface area contributed by atoms with E-state index in [4.69, 9.17) is 23.8 Å². The molecule has 2 N–H and O–H groups in total. The molecule has 0 saturated carbocycles. The first-order chi connectivity index (χ1) is 29.6. The Kier molecular flexibility index (Phi) is 10.6. The summed E-state index contributed by atoms with van der Waals surface area (Å²) in [6.07, 6.45) is 2.61. The van der Waals surface area contributed by atoms with Crippen LogP contribution in [0.3, 0.4) is 0 Å². The van der Waals surface area contributed by atoms with Gasteiger partial charge < -0.3 is 34.0 Å². The van der Waals surface area contributed by atoms with Gasteiger partial charge in [-0.05, 0) is 118 Å². The molecule has 62 heavy (non-hydrogen) atoms. The molecule has 2 fully saturated rings. The molecule has 3 aromatic heterocycles. The van der Waals surface area contributed by atoms with Crippen LogP contribution in [0.25, 0.3) is 44.0 Å². The van der Waals surface area contributed by atoms with Crippen molar-refractivity contribution in [2.75, 3.05) is 13.7 Å². The maximum absolute atomic E-state index is 17.0. The molecule has 0 spiro atoms. The molecular weight excluding hydrogens is 811 g/mol. The zero-order valence-electron chi connectivity index (χ0n) is 36.1. The first-order valence-corrected chi connectivity index (χ1v) is 22.0. The van der Waals surface area contributed by atoms with Gasteiger partial charge in [0.2, 0.25) is 12.1 Å². The summed E-state index contributed by atoms with van der Waals surface area (Å²) in [7, 11) is 0.698. The van der Waals surface area contributed by atoms with E-state index in [9.17, 15) is 14.0 Å². The van der Waals surface area contributed by atoms with Gasteiger partial charge in [0.15, 0.2) is 0 Å². The topological polar surface area (TPSA) is 120 Å². The minimum atomic E-state index is -0.751. The number of rotatable bonds is 9. The average Bonchev–Trinajstić information content (AvgIpc) is 4.08. The summed E-state index contributed by atoms with van der Waals surface area (Å²) in [6.45, 7) is 14.5. The molecule has 3 aliphatic rings. The van der Waals surface area contributed by atoms with Gasteiger partial charge in [0.25, 0.3) is 0 Å². The third-order valence-electron chi connectivity index (χ3n) is 12.9. The Balaban J connectivity index is 1.11. The van der Waals surface area contributed by atoms with Crippen molar-refractivity contribution in [1.82, 2.24) is 24.8 Å². The van der Waals surface area contributed by atoms with E-state index in [1.54, 1.807) is 18.3 Å². The number of nitrogens with zero attached hydrogens (tertiary/aromatic N) is 3. The van der Waals surface area contributed by atoms with Crippen LogP contribution in [0.5, 0.6) is 5.75 Å². The van der Waals surface area contributed by atoms with Crippen LogP contribution in [0, 0.1) is 17.6 Å². The Morgan fingerprint density at radius 1 is 1.02 bits per heavy atom. The number of carbonyl (C=O) groups is 2. The average molecular weight is 862 g/mol. The lowest BCUT2D eigenvalue weighted by Gasteiger charge is -2.32. The lowest BCUT2D eigenvalue weighted by atomic mass is 9.78. The number of hydrogen-bond acceptors (Lipinski definition) is 8. The van der Waals surface area contributed by atoms with Crippen molar-refractivity contribution in [3.63, 3.8) is 0 Å². The second-order valence-electron chi connectivity index (χ2n) is 17.7. The maximum atomic E-state index is 17.0. The Hall–Kier alpha value is -5.51. The maximum Gasteiger partial charge on any atom is 0.494 e. The van der Waals surface area contributed by atoms with E-state index in [1.807, 2.05) is 87.4 Å². The van der Waals surface area contributed by atoms with Crippen LogP contribution in [0.15, 0.2) is 72.9 Å². The fourth-order valence-electron chi connectivity index (χ4n) is 8.86. The molecule has 15 heteroatoms. The van der Waals surface area contributed by atoms with Crippen molar-refractivity contribution in [1.29, 1.82) is 0 Å². The molecule has 322 valence electrons. The largest absolute Gasteiger partial charge is 0.494 e. The van der Waals surface area contributed by atoms with Gasteiger partial charge in [-0.3, -0.25) is 9.36 Å². The van der Waals surface area contributed by atoms with E-state index in [2.05, 4.69) is 17.2 Å². The first-order valence-electron chi connectivity index (χ1n) is 21.2. The van der Waals surface area contributed by atoms with Gasteiger partial charge in [-0.1, -0.05) is 32.9 Å². The molecule has 3 aliphatic heterocycles. The van der Waals surface area contributed by atoms with Crippen molar-refractivity contribution in [2.24, 2.45) is 5.92 Å². The Morgan fingerprint density at radius 3 is 2.45 bits per heavy atom. The first kappa shape index (κ1) is 41.8. The molecule has 6 aromatic rings. The summed E-state index contributed by atoms with van der Waals surface area (Å²) in [5.41, 5.74) is 5.56. The van der Waals surface area contributed by atoms with E-state index < -0.39 is 42.5 Å². The van der Waals surface area contributed by atoms with Crippen LogP contribution >= 0.6 is 11.3 Å². The number of aromatic amines is 1. The fraction of sp³-hybridized carbons (Fsp3) is 0.383. The summed E-state index contributed by atoms with van der Waals surface area (Å²) >= 11 is 1.43. The normalized spacial score (nSPS) is 19.4. The lowest BCUT2D eigenvalue weighted by Crippen LogP contribution is -2.51. The van der Waals surface area contributed by atoms with Gasteiger partial charge in [-0.25, -0.2) is 18.6 Å². The van der Waals surface area contributed by atoms with E-state index in [0.29, 0.717) is 46.2 Å². The van der Waals surface area contributed by atoms with Crippen molar-refractivity contribution in [2.45, 2.75) is 97.2 Å². The molecule has 3 unspecified atom stereocenters. The molecule has 9 rings (SSSR count). The number of methoxy groups -OCH3 is 1. The van der Waals surface area contributed by atoms with Crippen molar-refractivity contribution < 1.29 is 37.2 Å². The molecule has 11 nitrogen and oxygen atoms in total. The van der Waals surface area contributed by atoms with E-state index >= 15 is 4.39 Å². The minimum Gasteiger partial charge on any atom is -0.464 e. The number of alkyl carbamates (subject to hydrolysis) is 1. The van der Waals surface area contributed by atoms with E-state index in [1.165, 1.54) is 36.6 Å². The minimum absolute atomic E-state index is 0.162. The molecule has 0 radical (unpaired) electrons. The van der Waals surface area contributed by atoms with Gasteiger partial charge in [0.05, 0.1) is 46.0 Å². The zero-order chi connectivity index (χ0) is 43.8. The van der Waals surface area contributed by atoms with Crippen molar-refractivity contribution >= 4 is 46.8 Å². The van der Waals surface area contributed by atoms with Crippen LogP contribution in [0.4, 0.5) is 13.6 Å². The highest BCUT2D eigenvalue weighted by Crippen LogP contribution is 2.49. The van der Waals surface area contributed by atoms with Crippen molar-refractivity contribution in [3.8, 4) is 38.8 Å². The number of hydrogen-bond donors (Lipinski definition) is 2. The lowest BCUT2D eigenvalue weighted by molar-refractivity contribution is -0.135. The standard InChI is InChI=1S/C47H50BF2N5O6S/c1-9-26-21-33(52-41(26)35-11-10-18-54(35)43(56)40(25(2)3)53-45(57)58-8)28-20-32(50)39-36-22-29-19-30(48-60-46(4,5)47(6,7)61-48)14-17-34(29)55(36)44(59-37(39)23-28)38-24-51-42(62-38)27-12-15-31(49)16-13-27/h12-17,19-25,35,40,44,52H,9-11,18H2,1-8H3,(H,53,57). The van der Waals surface area contributed by atoms with Crippen molar-refractivity contribution in [3.05, 3.63) is 101 Å². The fourth-order valence-corrected chi connectivity index (χ4v) is 9.80. The van der Waals surface area contributed by atoms with Gasteiger partial charge >= 0.3 is 13.2 Å². The highest BCUT2D eigenvalue weighted by atomic mass is 32.1. The number of amides is 2. The van der Waals surface area contributed by atoms with Crippen LogP contribution in [-0.2, 0) is 25.3 Å². The smallest absolute Gasteiger partial charge is 0.464 e. The summed E-state index contributed by atoms with van der Waals surface area (Å²) < 4.78 is 57.3. The number of nitrogens with one attached hydrogen (secondary N) is 2. The number of aryl methyl sites for hydroxylation is 1. The van der Waals surface area contributed by atoms with Gasteiger partial charge in [0.1, 0.15) is 28.4 Å². The molecular formula is C47H50BF2N5O6S. The van der Waals surface area contributed by atoms with Gasteiger partial charge in [-0.15, -0.1) is 11.3 Å². The highest BCUT2D eigenvalue weighted by molar-refractivity contribution is 7.15. The number of H-pyrrole nitrogens is 1. The number of fused-ring (bicyclic) bond motifs is 5. The second-order valence-corrected chi connectivity index (χ2v) is 18.8. The number of halogens is 2. The molecule has 6 heterocycles. The Morgan fingerprint density at radius 2 is 1.76 bits per heavy atom. The highest BCUT2D eigenvalue weighted by Gasteiger charge is 2.52. The number of aromatic nitrogens is 3. The molecule has 3 atom stereocenters. The number of carbonyl (C=O) groups excluding carboxylic acids is 2. The molecule has 3 aromatic carbocycles. The zero-order valence-corrected chi connectivity index (χ0v) is 36.9. The third kappa shape index (κ3) is 7.17. The monoisotopic (exact) mass is 861 g/mol. The van der Waals surface area contributed by atoms with Crippen LogP contribution < -0.4 is 15.5 Å². The second kappa shape index (κ2) is 15.7.